The smallest absolute Gasteiger partial charge is 0.295 e. The van der Waals surface area contributed by atoms with E-state index in [9.17, 15) is 4.79 Å². The molecule has 0 aliphatic carbocycles. The van der Waals surface area contributed by atoms with Crippen LogP contribution in [0.1, 0.15) is 23.0 Å². The van der Waals surface area contributed by atoms with E-state index in [0.717, 1.165) is 17.5 Å². The molecular weight excluding hydrogens is 268 g/mol. The Balaban J connectivity index is 1.79. The molecule has 0 aliphatic rings. The van der Waals surface area contributed by atoms with E-state index in [-0.39, 0.29) is 11.7 Å². The second-order valence-corrected chi connectivity index (χ2v) is 4.52. The van der Waals surface area contributed by atoms with Crippen LogP contribution in [0.25, 0.3) is 11.3 Å². The quantitative estimate of drug-likeness (QED) is 0.770. The molecule has 0 spiro atoms. The number of nitrogens with one attached hydrogen (secondary N) is 2. The summed E-state index contributed by atoms with van der Waals surface area (Å²) < 4.78 is 5.11. The van der Waals surface area contributed by atoms with Crippen molar-refractivity contribution >= 4 is 11.7 Å². The highest BCUT2D eigenvalue weighted by Gasteiger charge is 2.16. The molecule has 2 aromatic heterocycles. The summed E-state index contributed by atoms with van der Waals surface area (Å²) in [5, 5.41) is 13.3. The molecule has 2 heterocycles. The summed E-state index contributed by atoms with van der Waals surface area (Å²) >= 11 is 0. The Labute approximate surface area is 121 Å². The van der Waals surface area contributed by atoms with Gasteiger partial charge in [0.25, 0.3) is 5.91 Å². The van der Waals surface area contributed by atoms with Crippen LogP contribution in [0.4, 0.5) is 5.82 Å². The maximum atomic E-state index is 12.1. The summed E-state index contributed by atoms with van der Waals surface area (Å²) in [5.41, 5.74) is 2.46. The number of hydrogen-bond donors (Lipinski definition) is 2. The summed E-state index contributed by atoms with van der Waals surface area (Å²) in [4.78, 5) is 12.1. The fraction of sp³-hybridized carbons (Fsp3) is 0.133. The van der Waals surface area contributed by atoms with E-state index in [0.29, 0.717) is 11.5 Å². The van der Waals surface area contributed by atoms with Gasteiger partial charge in [0, 0.05) is 17.2 Å². The number of rotatable bonds is 4. The third kappa shape index (κ3) is 2.69. The molecule has 2 N–H and O–H groups in total. The van der Waals surface area contributed by atoms with Crippen molar-refractivity contribution in [1.29, 1.82) is 0 Å². The van der Waals surface area contributed by atoms with Crippen molar-refractivity contribution < 1.29 is 9.32 Å². The molecule has 3 rings (SSSR count). The molecule has 106 valence electrons. The number of carbonyl (C=O) groups is 1. The molecule has 0 bridgehead atoms. The lowest BCUT2D eigenvalue weighted by Crippen LogP contribution is -2.12. The number of aromatic amines is 1. The molecule has 0 fully saturated rings. The van der Waals surface area contributed by atoms with E-state index >= 15 is 0 Å². The van der Waals surface area contributed by atoms with Gasteiger partial charge in [-0.05, 0) is 6.42 Å². The van der Waals surface area contributed by atoms with Gasteiger partial charge in [-0.1, -0.05) is 42.4 Å². The van der Waals surface area contributed by atoms with Crippen LogP contribution in [-0.4, -0.2) is 21.3 Å². The van der Waals surface area contributed by atoms with Crippen molar-refractivity contribution in [3.63, 3.8) is 0 Å². The average molecular weight is 282 g/mol. The van der Waals surface area contributed by atoms with Gasteiger partial charge in [-0.3, -0.25) is 9.89 Å². The van der Waals surface area contributed by atoms with Gasteiger partial charge >= 0.3 is 0 Å². The van der Waals surface area contributed by atoms with Crippen molar-refractivity contribution in [3.05, 3.63) is 53.9 Å². The number of hydrogen-bond acceptors (Lipinski definition) is 4. The van der Waals surface area contributed by atoms with Gasteiger partial charge in [-0.25, -0.2) is 0 Å². The Kier molecular flexibility index (Phi) is 3.51. The van der Waals surface area contributed by atoms with Crippen LogP contribution in [0.15, 0.2) is 47.1 Å². The van der Waals surface area contributed by atoms with Crippen LogP contribution in [0, 0.1) is 0 Å². The monoisotopic (exact) mass is 282 g/mol. The van der Waals surface area contributed by atoms with Gasteiger partial charge in [0.05, 0.1) is 6.20 Å². The van der Waals surface area contributed by atoms with Crippen LogP contribution in [0.2, 0.25) is 0 Å². The number of anilines is 1. The summed E-state index contributed by atoms with van der Waals surface area (Å²) in [6.45, 7) is 1.99. The van der Waals surface area contributed by atoms with Crippen molar-refractivity contribution in [3.8, 4) is 11.3 Å². The van der Waals surface area contributed by atoms with Crippen LogP contribution < -0.4 is 5.32 Å². The first kappa shape index (κ1) is 13.1. The lowest BCUT2D eigenvalue weighted by atomic mass is 10.1. The third-order valence-corrected chi connectivity index (χ3v) is 3.14. The first-order valence-electron chi connectivity index (χ1n) is 6.63. The lowest BCUT2D eigenvalue weighted by Gasteiger charge is -2.01. The van der Waals surface area contributed by atoms with Crippen LogP contribution in [0.5, 0.6) is 0 Å². The van der Waals surface area contributed by atoms with Gasteiger partial charge in [0.2, 0.25) is 5.76 Å². The first-order valence-corrected chi connectivity index (χ1v) is 6.63. The number of H-pyrrole nitrogens is 1. The SMILES string of the molecule is CCc1cn[nH]c1NC(=O)c1cc(-c2ccccc2)no1. The normalized spacial score (nSPS) is 10.5. The van der Waals surface area contributed by atoms with Crippen LogP contribution in [0.3, 0.4) is 0 Å². The second-order valence-electron chi connectivity index (χ2n) is 4.52. The highest BCUT2D eigenvalue weighted by atomic mass is 16.5. The van der Waals surface area contributed by atoms with Crippen LogP contribution >= 0.6 is 0 Å². The van der Waals surface area contributed by atoms with Crippen LogP contribution in [-0.2, 0) is 6.42 Å². The fourth-order valence-electron chi connectivity index (χ4n) is 1.99. The molecule has 21 heavy (non-hydrogen) atoms. The first-order chi connectivity index (χ1) is 10.3. The summed E-state index contributed by atoms with van der Waals surface area (Å²) in [5.74, 6) is 0.384. The van der Waals surface area contributed by atoms with E-state index in [2.05, 4.69) is 20.7 Å². The minimum absolute atomic E-state index is 0.158. The Morgan fingerprint density at radius 2 is 2.14 bits per heavy atom. The number of benzene rings is 1. The van der Waals surface area contributed by atoms with Gasteiger partial charge in [-0.15, -0.1) is 0 Å². The van der Waals surface area contributed by atoms with E-state index in [1.165, 1.54) is 0 Å². The molecule has 0 saturated heterocycles. The molecule has 3 aromatic rings. The van der Waals surface area contributed by atoms with E-state index in [1.807, 2.05) is 37.3 Å². The van der Waals surface area contributed by atoms with Crippen molar-refractivity contribution in [2.75, 3.05) is 5.32 Å². The Bertz CT molecular complexity index is 746. The molecule has 0 aliphatic heterocycles. The summed E-state index contributed by atoms with van der Waals surface area (Å²) in [6.07, 6.45) is 2.46. The lowest BCUT2D eigenvalue weighted by molar-refractivity contribution is 0.0987. The molecule has 1 aromatic carbocycles. The molecule has 0 unspecified atom stereocenters. The predicted octanol–water partition coefficient (Wildman–Crippen LogP) is 2.88. The number of carbonyl (C=O) groups excluding carboxylic acids is 1. The van der Waals surface area contributed by atoms with Crippen molar-refractivity contribution in [2.24, 2.45) is 0 Å². The highest BCUT2D eigenvalue weighted by molar-refractivity contribution is 6.02. The van der Waals surface area contributed by atoms with E-state index < -0.39 is 0 Å². The molecule has 0 radical (unpaired) electrons. The number of aromatic nitrogens is 3. The Morgan fingerprint density at radius 1 is 1.33 bits per heavy atom. The molecule has 6 heteroatoms. The highest BCUT2D eigenvalue weighted by Crippen LogP contribution is 2.19. The number of nitrogens with zero attached hydrogens (tertiary/aromatic N) is 2. The van der Waals surface area contributed by atoms with E-state index in [1.54, 1.807) is 12.3 Å². The molecule has 1 amide bonds. The number of aryl methyl sites for hydroxylation is 1. The van der Waals surface area contributed by atoms with Gasteiger partial charge in [0.1, 0.15) is 11.5 Å². The third-order valence-electron chi connectivity index (χ3n) is 3.14. The van der Waals surface area contributed by atoms with Crippen molar-refractivity contribution in [1.82, 2.24) is 15.4 Å². The topological polar surface area (TPSA) is 83.8 Å². The zero-order valence-corrected chi connectivity index (χ0v) is 11.5. The predicted molar refractivity (Wildman–Crippen MR) is 77.9 cm³/mol. The zero-order chi connectivity index (χ0) is 14.7. The molecule has 6 nitrogen and oxygen atoms in total. The minimum Gasteiger partial charge on any atom is -0.350 e. The molecule has 0 saturated carbocycles. The van der Waals surface area contributed by atoms with Gasteiger partial charge in [-0.2, -0.15) is 5.10 Å². The largest absolute Gasteiger partial charge is 0.350 e. The Morgan fingerprint density at radius 3 is 2.90 bits per heavy atom. The van der Waals surface area contributed by atoms with Crippen molar-refractivity contribution in [2.45, 2.75) is 13.3 Å². The Hall–Kier alpha value is -2.89. The summed E-state index contributed by atoms with van der Waals surface area (Å²) in [7, 11) is 0. The summed E-state index contributed by atoms with van der Waals surface area (Å²) in [6, 6.07) is 11.2. The minimum atomic E-state index is -0.358. The molecular formula is C15H14N4O2. The van der Waals surface area contributed by atoms with E-state index in [4.69, 9.17) is 4.52 Å². The maximum Gasteiger partial charge on any atom is 0.295 e. The number of amides is 1. The molecule has 0 atom stereocenters. The standard InChI is InChI=1S/C15H14N4O2/c1-2-10-9-16-18-14(10)17-15(20)13-8-12(19-21-13)11-6-4-3-5-7-11/h3-9H,2H2,1H3,(H2,16,17,18,20). The van der Waals surface area contributed by atoms with Gasteiger partial charge < -0.3 is 9.84 Å². The average Bonchev–Trinajstić information content (AvgIpc) is 3.17. The van der Waals surface area contributed by atoms with Gasteiger partial charge in [0.15, 0.2) is 0 Å². The second kappa shape index (κ2) is 5.62. The zero-order valence-electron chi connectivity index (χ0n) is 11.5. The maximum absolute atomic E-state index is 12.1. The fourth-order valence-corrected chi connectivity index (χ4v) is 1.99.